The molecule has 0 aliphatic heterocycles. The van der Waals surface area contributed by atoms with Crippen LogP contribution in [-0.2, 0) is 0 Å². The Balaban J connectivity index is 1.93. The van der Waals surface area contributed by atoms with Gasteiger partial charge in [-0.05, 0) is 24.3 Å². The van der Waals surface area contributed by atoms with E-state index < -0.39 is 0 Å². The van der Waals surface area contributed by atoms with E-state index in [-0.39, 0.29) is 5.75 Å². The molecule has 0 atom stereocenters. The van der Waals surface area contributed by atoms with Crippen LogP contribution in [0.2, 0.25) is 0 Å². The normalized spacial score (nSPS) is 18.4. The number of rotatable bonds is 1. The van der Waals surface area contributed by atoms with Crippen LogP contribution in [0.25, 0.3) is 5.65 Å². The molecule has 2 heterocycles. The van der Waals surface area contributed by atoms with Gasteiger partial charge in [0.15, 0.2) is 11.4 Å². The van der Waals surface area contributed by atoms with E-state index in [4.69, 9.17) is 0 Å². The van der Waals surface area contributed by atoms with Crippen molar-refractivity contribution in [1.29, 1.82) is 0 Å². The Labute approximate surface area is 100 Å². The third-order valence-corrected chi connectivity index (χ3v) is 3.68. The molecule has 1 fully saturated rings. The van der Waals surface area contributed by atoms with Gasteiger partial charge in [-0.25, -0.2) is 9.50 Å². The number of hydrogen-bond acceptors (Lipinski definition) is 3. The van der Waals surface area contributed by atoms with Crippen molar-refractivity contribution < 1.29 is 5.11 Å². The second-order valence-corrected chi connectivity index (χ2v) is 4.87. The summed E-state index contributed by atoms with van der Waals surface area (Å²) in [6, 6.07) is 0. The molecule has 90 valence electrons. The first-order valence-corrected chi connectivity index (χ1v) is 6.37. The zero-order valence-corrected chi connectivity index (χ0v) is 9.84. The van der Waals surface area contributed by atoms with Crippen LogP contribution in [0.15, 0.2) is 18.6 Å². The molecule has 0 bridgehead atoms. The summed E-state index contributed by atoms with van der Waals surface area (Å²) in [5, 5.41) is 13.6. The van der Waals surface area contributed by atoms with Crippen molar-refractivity contribution in [2.75, 3.05) is 0 Å². The van der Waals surface area contributed by atoms with Gasteiger partial charge in [-0.3, -0.25) is 0 Å². The summed E-state index contributed by atoms with van der Waals surface area (Å²) in [6.07, 6.45) is 13.2. The predicted molar refractivity (Wildman–Crippen MR) is 65.1 cm³/mol. The predicted octanol–water partition coefficient (Wildman–Crippen LogP) is 2.87. The fourth-order valence-corrected chi connectivity index (χ4v) is 2.70. The van der Waals surface area contributed by atoms with Gasteiger partial charge in [0.2, 0.25) is 0 Å². The van der Waals surface area contributed by atoms with E-state index in [0.29, 0.717) is 11.6 Å². The molecular weight excluding hydrogens is 214 g/mol. The molecule has 2 aromatic heterocycles. The molecule has 4 heteroatoms. The molecule has 3 rings (SSSR count). The van der Waals surface area contributed by atoms with Crippen molar-refractivity contribution in [3.63, 3.8) is 0 Å². The lowest BCUT2D eigenvalue weighted by Gasteiger charge is -2.13. The molecule has 0 amide bonds. The summed E-state index contributed by atoms with van der Waals surface area (Å²) in [6.45, 7) is 0. The van der Waals surface area contributed by atoms with Crippen LogP contribution < -0.4 is 0 Å². The molecule has 1 N–H and O–H groups in total. The van der Waals surface area contributed by atoms with Crippen LogP contribution in [0.3, 0.4) is 0 Å². The Morgan fingerprint density at radius 2 is 1.88 bits per heavy atom. The number of hydrogen-bond donors (Lipinski definition) is 1. The molecule has 0 radical (unpaired) electrons. The minimum atomic E-state index is 0.150. The Bertz CT molecular complexity index is 512. The van der Waals surface area contributed by atoms with Crippen LogP contribution in [0.1, 0.15) is 50.0 Å². The van der Waals surface area contributed by atoms with Crippen molar-refractivity contribution in [3.05, 3.63) is 24.2 Å². The monoisotopic (exact) mass is 231 g/mol. The van der Waals surface area contributed by atoms with Gasteiger partial charge in [0.25, 0.3) is 0 Å². The average Bonchev–Trinajstić information content (AvgIpc) is 2.58. The standard InChI is InChI=1S/C13H17N3O/c17-12-8-15-16-9-11(7-14-13(12)16)10-5-3-1-2-4-6-10/h7-10,17H,1-6H2. The number of aromatic hydroxyl groups is 1. The van der Waals surface area contributed by atoms with Crippen molar-refractivity contribution in [1.82, 2.24) is 14.6 Å². The number of nitrogens with zero attached hydrogens (tertiary/aromatic N) is 3. The SMILES string of the molecule is Oc1cnn2cc(C3CCCCCC3)cnc12. The fraction of sp³-hybridized carbons (Fsp3) is 0.538. The highest BCUT2D eigenvalue weighted by atomic mass is 16.3. The van der Waals surface area contributed by atoms with Crippen LogP contribution in [0, 0.1) is 0 Å². The van der Waals surface area contributed by atoms with Gasteiger partial charge in [0, 0.05) is 12.4 Å². The van der Waals surface area contributed by atoms with Gasteiger partial charge >= 0.3 is 0 Å². The zero-order chi connectivity index (χ0) is 11.7. The minimum absolute atomic E-state index is 0.150. The number of fused-ring (bicyclic) bond motifs is 1. The molecular formula is C13H17N3O. The van der Waals surface area contributed by atoms with Crippen LogP contribution >= 0.6 is 0 Å². The first-order chi connectivity index (χ1) is 8.34. The zero-order valence-electron chi connectivity index (χ0n) is 9.84. The highest BCUT2D eigenvalue weighted by molar-refractivity contribution is 5.50. The molecule has 4 nitrogen and oxygen atoms in total. The molecule has 1 aliphatic rings. The first kappa shape index (κ1) is 10.6. The van der Waals surface area contributed by atoms with E-state index >= 15 is 0 Å². The van der Waals surface area contributed by atoms with Crippen LogP contribution in [0.5, 0.6) is 5.75 Å². The molecule has 0 spiro atoms. The van der Waals surface area contributed by atoms with Gasteiger partial charge < -0.3 is 5.11 Å². The Morgan fingerprint density at radius 3 is 2.65 bits per heavy atom. The highest BCUT2D eigenvalue weighted by Gasteiger charge is 2.16. The summed E-state index contributed by atoms with van der Waals surface area (Å²) in [5.41, 5.74) is 1.80. The molecule has 0 saturated heterocycles. The Hall–Kier alpha value is -1.58. The van der Waals surface area contributed by atoms with Gasteiger partial charge in [-0.1, -0.05) is 25.7 Å². The summed E-state index contributed by atoms with van der Waals surface area (Å²) < 4.78 is 1.68. The van der Waals surface area contributed by atoms with E-state index in [2.05, 4.69) is 10.1 Å². The van der Waals surface area contributed by atoms with Gasteiger partial charge in [0.1, 0.15) is 0 Å². The second kappa shape index (κ2) is 4.35. The molecule has 1 saturated carbocycles. The maximum Gasteiger partial charge on any atom is 0.197 e. The third kappa shape index (κ3) is 1.99. The fourth-order valence-electron chi connectivity index (χ4n) is 2.70. The lowest BCUT2D eigenvalue weighted by molar-refractivity contribution is 0.479. The first-order valence-electron chi connectivity index (χ1n) is 6.37. The van der Waals surface area contributed by atoms with Crippen molar-refractivity contribution in [3.8, 4) is 5.75 Å². The maximum absolute atomic E-state index is 9.51. The van der Waals surface area contributed by atoms with Crippen molar-refractivity contribution in [2.24, 2.45) is 0 Å². The second-order valence-electron chi connectivity index (χ2n) is 4.87. The molecule has 0 aromatic carbocycles. The van der Waals surface area contributed by atoms with Crippen LogP contribution in [0.4, 0.5) is 0 Å². The smallest absolute Gasteiger partial charge is 0.197 e. The van der Waals surface area contributed by atoms with Crippen LogP contribution in [-0.4, -0.2) is 19.7 Å². The molecule has 17 heavy (non-hydrogen) atoms. The number of aromatic nitrogens is 3. The summed E-state index contributed by atoms with van der Waals surface area (Å²) >= 11 is 0. The Morgan fingerprint density at radius 1 is 1.12 bits per heavy atom. The van der Waals surface area contributed by atoms with Gasteiger partial charge in [-0.2, -0.15) is 5.10 Å². The average molecular weight is 231 g/mol. The quantitative estimate of drug-likeness (QED) is 0.768. The van der Waals surface area contributed by atoms with E-state index in [1.807, 2.05) is 12.4 Å². The summed E-state index contributed by atoms with van der Waals surface area (Å²) in [7, 11) is 0. The molecule has 2 aromatic rings. The van der Waals surface area contributed by atoms with Crippen molar-refractivity contribution in [2.45, 2.75) is 44.4 Å². The van der Waals surface area contributed by atoms with Gasteiger partial charge in [-0.15, -0.1) is 0 Å². The van der Waals surface area contributed by atoms with Crippen molar-refractivity contribution >= 4 is 5.65 Å². The summed E-state index contributed by atoms with van der Waals surface area (Å²) in [4.78, 5) is 4.30. The summed E-state index contributed by atoms with van der Waals surface area (Å²) in [5.74, 6) is 0.762. The minimum Gasteiger partial charge on any atom is -0.503 e. The largest absolute Gasteiger partial charge is 0.503 e. The molecule has 0 unspecified atom stereocenters. The van der Waals surface area contributed by atoms with E-state index in [0.717, 1.165) is 0 Å². The lowest BCUT2D eigenvalue weighted by Crippen LogP contribution is -2.01. The lowest BCUT2D eigenvalue weighted by atomic mass is 9.94. The molecule has 1 aliphatic carbocycles. The van der Waals surface area contributed by atoms with E-state index in [1.165, 1.54) is 50.3 Å². The van der Waals surface area contributed by atoms with E-state index in [9.17, 15) is 5.11 Å². The maximum atomic E-state index is 9.51. The third-order valence-electron chi connectivity index (χ3n) is 3.68. The topological polar surface area (TPSA) is 50.4 Å². The van der Waals surface area contributed by atoms with Gasteiger partial charge in [0.05, 0.1) is 6.20 Å². The highest BCUT2D eigenvalue weighted by Crippen LogP contribution is 2.31. The Kier molecular flexibility index (Phi) is 2.71. The van der Waals surface area contributed by atoms with E-state index in [1.54, 1.807) is 4.52 Å².